The van der Waals surface area contributed by atoms with E-state index in [9.17, 15) is 9.59 Å². The van der Waals surface area contributed by atoms with Gasteiger partial charge in [-0.25, -0.2) is 4.79 Å². The maximum absolute atomic E-state index is 12.6. The molecule has 1 atom stereocenters. The Morgan fingerprint density at radius 1 is 0.929 bits per heavy atom. The van der Waals surface area contributed by atoms with Gasteiger partial charge in [0.1, 0.15) is 0 Å². The van der Waals surface area contributed by atoms with Crippen LogP contribution in [0.15, 0.2) is 72.9 Å². The van der Waals surface area contributed by atoms with Crippen molar-refractivity contribution in [2.24, 2.45) is 7.05 Å². The van der Waals surface area contributed by atoms with Gasteiger partial charge in [-0.2, -0.15) is 0 Å². The Labute approximate surface area is 162 Å². The Morgan fingerprint density at radius 2 is 1.61 bits per heavy atom. The van der Waals surface area contributed by atoms with Gasteiger partial charge in [0, 0.05) is 35.2 Å². The van der Waals surface area contributed by atoms with Crippen LogP contribution in [0.1, 0.15) is 17.3 Å². The van der Waals surface area contributed by atoms with Crippen LogP contribution < -0.4 is 5.32 Å². The van der Waals surface area contributed by atoms with Gasteiger partial charge in [0.15, 0.2) is 6.10 Å². The number of rotatable bonds is 4. The fourth-order valence-electron chi connectivity index (χ4n) is 3.35. The largest absolute Gasteiger partial charge is 0.449 e. The lowest BCUT2D eigenvalue weighted by atomic mass is 10.1. The van der Waals surface area contributed by atoms with Crippen molar-refractivity contribution < 1.29 is 14.3 Å². The minimum absolute atomic E-state index is 0.370. The molecule has 28 heavy (non-hydrogen) atoms. The molecule has 0 saturated heterocycles. The number of benzene rings is 3. The highest BCUT2D eigenvalue weighted by Gasteiger charge is 2.22. The van der Waals surface area contributed by atoms with Crippen LogP contribution in [0.4, 0.5) is 5.69 Å². The van der Waals surface area contributed by atoms with Gasteiger partial charge in [0.25, 0.3) is 5.91 Å². The molecule has 0 aliphatic rings. The number of carbonyl (C=O) groups is 2. The number of esters is 1. The summed E-state index contributed by atoms with van der Waals surface area (Å²) in [6.07, 6.45) is 0.799. The highest BCUT2D eigenvalue weighted by atomic mass is 16.5. The number of fused-ring (bicyclic) bond motifs is 2. The monoisotopic (exact) mass is 372 g/mol. The molecule has 5 heteroatoms. The molecule has 0 bridgehead atoms. The highest BCUT2D eigenvalue weighted by Crippen LogP contribution is 2.24. The molecule has 1 amide bonds. The van der Waals surface area contributed by atoms with Gasteiger partial charge in [-0.05, 0) is 24.4 Å². The summed E-state index contributed by atoms with van der Waals surface area (Å²) in [5, 5.41) is 5.63. The summed E-state index contributed by atoms with van der Waals surface area (Å²) < 4.78 is 7.31. The van der Waals surface area contributed by atoms with Crippen molar-refractivity contribution in [3.63, 3.8) is 0 Å². The van der Waals surface area contributed by atoms with Crippen LogP contribution in [0.2, 0.25) is 0 Å². The first kappa shape index (κ1) is 17.8. The van der Waals surface area contributed by atoms with Crippen molar-refractivity contribution >= 4 is 39.2 Å². The molecule has 0 fully saturated rings. The molecule has 1 aromatic heterocycles. The Kier molecular flexibility index (Phi) is 4.57. The maximum atomic E-state index is 12.6. The van der Waals surface area contributed by atoms with Crippen LogP contribution in [0.3, 0.4) is 0 Å². The van der Waals surface area contributed by atoms with E-state index in [-0.39, 0.29) is 5.91 Å². The van der Waals surface area contributed by atoms with Crippen LogP contribution in [0.5, 0.6) is 0 Å². The molecule has 0 spiro atoms. The lowest BCUT2D eigenvalue weighted by molar-refractivity contribution is -0.123. The number of ether oxygens (including phenoxy) is 1. The van der Waals surface area contributed by atoms with Crippen LogP contribution in [-0.2, 0) is 16.6 Å². The predicted molar refractivity (Wildman–Crippen MR) is 110 cm³/mol. The maximum Gasteiger partial charge on any atom is 0.341 e. The van der Waals surface area contributed by atoms with Crippen molar-refractivity contribution in [2.75, 3.05) is 5.32 Å². The number of hydrogen-bond donors (Lipinski definition) is 1. The lowest BCUT2D eigenvalue weighted by Gasteiger charge is -2.14. The fraction of sp³-hybridized carbons (Fsp3) is 0.130. The van der Waals surface area contributed by atoms with Gasteiger partial charge >= 0.3 is 5.97 Å². The van der Waals surface area contributed by atoms with Gasteiger partial charge in [-0.15, -0.1) is 0 Å². The number of hydrogen-bond acceptors (Lipinski definition) is 3. The Hall–Kier alpha value is -3.60. The summed E-state index contributed by atoms with van der Waals surface area (Å²) in [7, 11) is 1.87. The quantitative estimate of drug-likeness (QED) is 0.536. The summed E-state index contributed by atoms with van der Waals surface area (Å²) in [5.41, 5.74) is 2.07. The molecular weight excluding hydrogens is 352 g/mol. The first-order valence-electron chi connectivity index (χ1n) is 9.08. The zero-order valence-electron chi connectivity index (χ0n) is 15.7. The molecule has 0 unspecified atom stereocenters. The standard InChI is InChI=1S/C23H20N2O3/c1-15(22(26)24-20-12-7-9-16-8-3-4-10-17(16)20)28-23(27)19-14-25(2)21-13-6-5-11-18(19)21/h3-15H,1-2H3,(H,24,26)/t15-/m0/s1. The van der Waals surface area contributed by atoms with E-state index in [1.54, 1.807) is 13.1 Å². The third-order valence-electron chi connectivity index (χ3n) is 4.82. The SMILES string of the molecule is C[C@H](OC(=O)c1cn(C)c2ccccc12)C(=O)Nc1cccc2ccccc12. The second-order valence-electron chi connectivity index (χ2n) is 6.73. The molecule has 4 aromatic rings. The number of carbonyl (C=O) groups excluding carboxylic acids is 2. The molecule has 4 rings (SSSR count). The summed E-state index contributed by atoms with van der Waals surface area (Å²) >= 11 is 0. The van der Waals surface area contributed by atoms with E-state index in [1.807, 2.05) is 78.3 Å². The minimum atomic E-state index is -0.926. The molecular formula is C23H20N2O3. The van der Waals surface area contributed by atoms with Crippen molar-refractivity contribution in [3.8, 4) is 0 Å². The first-order chi connectivity index (χ1) is 13.5. The summed E-state index contributed by atoms with van der Waals surface area (Å²) in [4.78, 5) is 25.2. The summed E-state index contributed by atoms with van der Waals surface area (Å²) in [6, 6.07) is 21.1. The second-order valence-corrected chi connectivity index (χ2v) is 6.73. The minimum Gasteiger partial charge on any atom is -0.449 e. The van der Waals surface area contributed by atoms with Crippen molar-refractivity contribution in [1.82, 2.24) is 4.57 Å². The average Bonchev–Trinajstić information content (AvgIpc) is 3.05. The number of nitrogens with one attached hydrogen (secondary N) is 1. The molecule has 140 valence electrons. The van der Waals surface area contributed by atoms with Crippen molar-refractivity contribution in [2.45, 2.75) is 13.0 Å². The first-order valence-corrected chi connectivity index (χ1v) is 9.08. The van der Waals surface area contributed by atoms with Crippen LogP contribution in [-0.4, -0.2) is 22.5 Å². The third kappa shape index (κ3) is 3.22. The van der Waals surface area contributed by atoms with Crippen molar-refractivity contribution in [1.29, 1.82) is 0 Å². The number of anilines is 1. The molecule has 0 aliphatic carbocycles. The predicted octanol–water partition coefficient (Wildman–Crippen LogP) is 4.52. The highest BCUT2D eigenvalue weighted by molar-refractivity contribution is 6.07. The van der Waals surface area contributed by atoms with E-state index in [1.165, 1.54) is 0 Å². The molecule has 1 N–H and O–H groups in total. The summed E-state index contributed by atoms with van der Waals surface area (Å²) in [6.45, 7) is 1.57. The normalized spacial score (nSPS) is 12.1. The molecule has 0 radical (unpaired) electrons. The number of aromatic nitrogens is 1. The zero-order valence-corrected chi connectivity index (χ0v) is 15.7. The Morgan fingerprint density at radius 3 is 2.43 bits per heavy atom. The van der Waals surface area contributed by atoms with E-state index < -0.39 is 12.1 Å². The Balaban J connectivity index is 1.52. The van der Waals surface area contributed by atoms with Crippen LogP contribution in [0.25, 0.3) is 21.7 Å². The number of amides is 1. The second kappa shape index (κ2) is 7.19. The summed E-state index contributed by atoms with van der Waals surface area (Å²) in [5.74, 6) is -0.887. The van der Waals surface area contributed by atoms with Gasteiger partial charge in [-0.1, -0.05) is 54.6 Å². The molecule has 0 saturated carbocycles. The topological polar surface area (TPSA) is 60.3 Å². The van der Waals surface area contributed by atoms with Gasteiger partial charge in [0.2, 0.25) is 0 Å². The van der Waals surface area contributed by atoms with E-state index in [2.05, 4.69) is 5.32 Å². The van der Waals surface area contributed by atoms with E-state index >= 15 is 0 Å². The lowest BCUT2D eigenvalue weighted by Crippen LogP contribution is -2.30. The molecule has 5 nitrogen and oxygen atoms in total. The van der Waals surface area contributed by atoms with Gasteiger partial charge < -0.3 is 14.6 Å². The smallest absolute Gasteiger partial charge is 0.341 e. The van der Waals surface area contributed by atoms with E-state index in [0.29, 0.717) is 11.3 Å². The molecule has 3 aromatic carbocycles. The number of aryl methyl sites for hydroxylation is 1. The van der Waals surface area contributed by atoms with Gasteiger partial charge in [0.05, 0.1) is 5.56 Å². The fourth-order valence-corrected chi connectivity index (χ4v) is 3.35. The van der Waals surface area contributed by atoms with Gasteiger partial charge in [-0.3, -0.25) is 4.79 Å². The van der Waals surface area contributed by atoms with Crippen LogP contribution in [0, 0.1) is 0 Å². The van der Waals surface area contributed by atoms with E-state index in [4.69, 9.17) is 4.74 Å². The molecule has 0 aliphatic heterocycles. The van der Waals surface area contributed by atoms with Crippen LogP contribution >= 0.6 is 0 Å². The van der Waals surface area contributed by atoms with E-state index in [0.717, 1.165) is 21.7 Å². The average molecular weight is 372 g/mol. The molecule has 1 heterocycles. The Bertz CT molecular complexity index is 1190. The third-order valence-corrected chi connectivity index (χ3v) is 4.82. The number of para-hydroxylation sites is 1. The van der Waals surface area contributed by atoms with Crippen molar-refractivity contribution in [3.05, 3.63) is 78.5 Å². The zero-order chi connectivity index (χ0) is 19.7. The number of nitrogens with zero attached hydrogens (tertiary/aromatic N) is 1.